The molecule has 6 atom stereocenters. The maximum atomic E-state index is 9.59. The average molecular weight is 206 g/mol. The number of hydrogen-bond donors (Lipinski definition) is 5. The smallest absolute Gasteiger partial charge is 0.111 e. The van der Waals surface area contributed by atoms with Crippen molar-refractivity contribution in [2.45, 2.75) is 44.4 Å². The van der Waals surface area contributed by atoms with Gasteiger partial charge in [0.25, 0.3) is 0 Å². The van der Waals surface area contributed by atoms with Crippen molar-refractivity contribution in [3.05, 3.63) is 0 Å². The Morgan fingerprint density at radius 1 is 0.643 bits per heavy atom. The first-order valence-electron chi connectivity index (χ1n) is 4.78. The van der Waals surface area contributed by atoms with Crippen molar-refractivity contribution >= 4 is 0 Å². The lowest BCUT2D eigenvalue weighted by atomic mass is 9.73. The normalized spacial score (nSPS) is 49.7. The van der Waals surface area contributed by atoms with E-state index in [1.54, 1.807) is 13.8 Å². The van der Waals surface area contributed by atoms with Gasteiger partial charge in [0, 0.05) is 5.92 Å². The molecule has 0 saturated heterocycles. The van der Waals surface area contributed by atoms with Gasteiger partial charge in [-0.05, 0) is 5.92 Å². The van der Waals surface area contributed by atoms with Crippen molar-refractivity contribution in [1.82, 2.24) is 0 Å². The Kier molecular flexibility index (Phi) is 3.49. The maximum Gasteiger partial charge on any atom is 0.111 e. The zero-order valence-corrected chi connectivity index (χ0v) is 8.28. The molecular formula is C9H18O5. The van der Waals surface area contributed by atoms with Crippen LogP contribution in [0.2, 0.25) is 0 Å². The van der Waals surface area contributed by atoms with Crippen LogP contribution in [0.4, 0.5) is 0 Å². The molecule has 84 valence electrons. The summed E-state index contributed by atoms with van der Waals surface area (Å²) in [5, 5.41) is 47.2. The van der Waals surface area contributed by atoms with Crippen molar-refractivity contribution in [2.75, 3.05) is 0 Å². The van der Waals surface area contributed by atoms with Gasteiger partial charge in [0.15, 0.2) is 0 Å². The molecule has 14 heavy (non-hydrogen) atoms. The summed E-state index contributed by atoms with van der Waals surface area (Å²) in [7, 11) is 0. The third kappa shape index (κ3) is 1.78. The van der Waals surface area contributed by atoms with E-state index in [4.69, 9.17) is 0 Å². The summed E-state index contributed by atoms with van der Waals surface area (Å²) in [6, 6.07) is 0. The molecular weight excluding hydrogens is 188 g/mol. The van der Waals surface area contributed by atoms with E-state index >= 15 is 0 Å². The number of hydrogen-bond acceptors (Lipinski definition) is 5. The fraction of sp³-hybridized carbons (Fsp3) is 1.00. The second-order valence-corrected chi connectivity index (χ2v) is 4.27. The fourth-order valence-corrected chi connectivity index (χ4v) is 2.05. The van der Waals surface area contributed by atoms with Crippen LogP contribution < -0.4 is 0 Å². The lowest BCUT2D eigenvalue weighted by Crippen LogP contribution is -2.62. The van der Waals surface area contributed by atoms with E-state index in [2.05, 4.69) is 0 Å². The molecule has 0 heterocycles. The Bertz CT molecular complexity index is 180. The molecule has 5 unspecified atom stereocenters. The first-order valence-corrected chi connectivity index (χ1v) is 4.78. The van der Waals surface area contributed by atoms with Crippen LogP contribution in [-0.4, -0.2) is 56.1 Å². The molecule has 0 bridgehead atoms. The summed E-state index contributed by atoms with van der Waals surface area (Å²) < 4.78 is 0. The van der Waals surface area contributed by atoms with Gasteiger partial charge in [0.1, 0.15) is 18.3 Å². The summed E-state index contributed by atoms with van der Waals surface area (Å²) in [4.78, 5) is 0. The van der Waals surface area contributed by atoms with Crippen molar-refractivity contribution < 1.29 is 25.5 Å². The SMILES string of the molecule is CC(C)C1C(O)C(O)C(O)C(O)[C@@H]1O. The first kappa shape index (κ1) is 11.9. The van der Waals surface area contributed by atoms with Crippen LogP contribution in [-0.2, 0) is 0 Å². The van der Waals surface area contributed by atoms with E-state index < -0.39 is 36.4 Å². The second-order valence-electron chi connectivity index (χ2n) is 4.27. The van der Waals surface area contributed by atoms with Crippen molar-refractivity contribution in [1.29, 1.82) is 0 Å². The third-order valence-corrected chi connectivity index (χ3v) is 2.96. The summed E-state index contributed by atoms with van der Waals surface area (Å²) in [5.41, 5.74) is 0. The molecule has 0 aromatic rings. The lowest BCUT2D eigenvalue weighted by Gasteiger charge is -2.43. The Labute approximate surface area is 82.6 Å². The molecule has 0 amide bonds. The minimum absolute atomic E-state index is 0.0863. The van der Waals surface area contributed by atoms with E-state index in [0.29, 0.717) is 0 Å². The molecule has 0 radical (unpaired) electrons. The van der Waals surface area contributed by atoms with E-state index in [1.165, 1.54) is 0 Å². The number of aliphatic hydroxyl groups is 5. The Morgan fingerprint density at radius 3 is 1.21 bits per heavy atom. The van der Waals surface area contributed by atoms with E-state index in [-0.39, 0.29) is 5.92 Å². The molecule has 1 aliphatic rings. The zero-order valence-electron chi connectivity index (χ0n) is 8.28. The quantitative estimate of drug-likeness (QED) is 0.344. The van der Waals surface area contributed by atoms with Gasteiger partial charge in [0.05, 0.1) is 12.2 Å². The predicted molar refractivity (Wildman–Crippen MR) is 48.4 cm³/mol. The molecule has 5 heteroatoms. The van der Waals surface area contributed by atoms with Crippen molar-refractivity contribution in [3.63, 3.8) is 0 Å². The second kappa shape index (κ2) is 4.12. The Hall–Kier alpha value is -0.200. The van der Waals surface area contributed by atoms with Crippen LogP contribution in [0.5, 0.6) is 0 Å². The van der Waals surface area contributed by atoms with Crippen LogP contribution in [0.3, 0.4) is 0 Å². The molecule has 1 aliphatic carbocycles. The molecule has 1 rings (SSSR count). The summed E-state index contributed by atoms with van der Waals surface area (Å²) in [6.07, 6.45) is -6.71. The van der Waals surface area contributed by atoms with E-state index in [1.807, 2.05) is 0 Å². The highest BCUT2D eigenvalue weighted by Gasteiger charge is 2.48. The molecule has 0 spiro atoms. The minimum atomic E-state index is -1.49. The highest BCUT2D eigenvalue weighted by molar-refractivity contribution is 4.98. The zero-order chi connectivity index (χ0) is 11.0. The maximum absolute atomic E-state index is 9.59. The van der Waals surface area contributed by atoms with E-state index in [0.717, 1.165) is 0 Å². The van der Waals surface area contributed by atoms with Crippen LogP contribution in [0.25, 0.3) is 0 Å². The van der Waals surface area contributed by atoms with Gasteiger partial charge in [0.2, 0.25) is 0 Å². The number of rotatable bonds is 1. The van der Waals surface area contributed by atoms with Crippen LogP contribution in [0, 0.1) is 11.8 Å². The average Bonchev–Trinajstić information content (AvgIpc) is 2.11. The van der Waals surface area contributed by atoms with Gasteiger partial charge < -0.3 is 25.5 Å². The van der Waals surface area contributed by atoms with E-state index in [9.17, 15) is 25.5 Å². The van der Waals surface area contributed by atoms with Gasteiger partial charge in [-0.2, -0.15) is 0 Å². The fourth-order valence-electron chi connectivity index (χ4n) is 2.05. The standard InChI is InChI=1S/C9H18O5/c1-3(2)4-5(10)7(12)9(14)8(13)6(4)11/h3-14H,1-2H3/t4?,5-,6?,7?,8?,9?/m1/s1. The summed E-state index contributed by atoms with van der Waals surface area (Å²) >= 11 is 0. The summed E-state index contributed by atoms with van der Waals surface area (Å²) in [6.45, 7) is 3.54. The first-order chi connectivity index (χ1) is 6.37. The minimum Gasteiger partial charge on any atom is -0.390 e. The molecule has 0 aromatic heterocycles. The van der Waals surface area contributed by atoms with Gasteiger partial charge >= 0.3 is 0 Å². The third-order valence-electron chi connectivity index (χ3n) is 2.96. The van der Waals surface area contributed by atoms with Crippen LogP contribution in [0.1, 0.15) is 13.8 Å². The lowest BCUT2D eigenvalue weighted by molar-refractivity contribution is -0.211. The van der Waals surface area contributed by atoms with Gasteiger partial charge in [-0.3, -0.25) is 0 Å². The topological polar surface area (TPSA) is 101 Å². The molecule has 5 nitrogen and oxygen atoms in total. The Balaban J connectivity index is 2.86. The molecule has 1 fully saturated rings. The molecule has 0 aliphatic heterocycles. The highest BCUT2D eigenvalue weighted by atomic mass is 16.4. The largest absolute Gasteiger partial charge is 0.390 e. The van der Waals surface area contributed by atoms with Gasteiger partial charge in [-0.25, -0.2) is 0 Å². The highest BCUT2D eigenvalue weighted by Crippen LogP contribution is 2.31. The Morgan fingerprint density at radius 2 is 0.929 bits per heavy atom. The molecule has 5 N–H and O–H groups in total. The monoisotopic (exact) mass is 206 g/mol. The van der Waals surface area contributed by atoms with Gasteiger partial charge in [-0.1, -0.05) is 13.8 Å². The van der Waals surface area contributed by atoms with Crippen molar-refractivity contribution in [2.24, 2.45) is 11.8 Å². The van der Waals surface area contributed by atoms with Crippen LogP contribution >= 0.6 is 0 Å². The van der Waals surface area contributed by atoms with Crippen molar-refractivity contribution in [3.8, 4) is 0 Å². The molecule has 1 saturated carbocycles. The summed E-state index contributed by atoms with van der Waals surface area (Å²) in [5.74, 6) is -0.708. The number of aliphatic hydroxyl groups excluding tert-OH is 5. The molecule has 0 aromatic carbocycles. The van der Waals surface area contributed by atoms with Gasteiger partial charge in [-0.15, -0.1) is 0 Å². The van der Waals surface area contributed by atoms with Crippen LogP contribution in [0.15, 0.2) is 0 Å². The predicted octanol–water partition coefficient (Wildman–Crippen LogP) is -1.92.